The minimum absolute atomic E-state index is 0.135. The third-order valence-electron chi connectivity index (χ3n) is 4.49. The van der Waals surface area contributed by atoms with Crippen LogP contribution >= 0.6 is 11.3 Å². The minimum atomic E-state index is 0.135. The largest absolute Gasteiger partial charge is 0.336 e. The van der Waals surface area contributed by atoms with E-state index in [2.05, 4.69) is 4.98 Å². The lowest BCUT2D eigenvalue weighted by Gasteiger charge is -2.15. The molecule has 0 spiro atoms. The Morgan fingerprint density at radius 2 is 1.95 bits per heavy atom. The van der Waals surface area contributed by atoms with E-state index in [0.29, 0.717) is 5.01 Å². The van der Waals surface area contributed by atoms with E-state index >= 15 is 0 Å². The van der Waals surface area contributed by atoms with Gasteiger partial charge in [-0.05, 0) is 36.8 Å². The molecule has 2 atom stereocenters. The van der Waals surface area contributed by atoms with E-state index < -0.39 is 0 Å². The van der Waals surface area contributed by atoms with E-state index in [0.717, 1.165) is 35.1 Å². The Kier molecular flexibility index (Phi) is 2.58. The monoisotopic (exact) mass is 272 g/mol. The van der Waals surface area contributed by atoms with Crippen LogP contribution in [0.5, 0.6) is 0 Å². The molecule has 1 aliphatic carbocycles. The fourth-order valence-corrected chi connectivity index (χ4v) is 4.43. The number of carbonyl (C=O) groups is 1. The van der Waals surface area contributed by atoms with Gasteiger partial charge in [0.25, 0.3) is 5.91 Å². The summed E-state index contributed by atoms with van der Waals surface area (Å²) < 4.78 is 1.10. The number of amides is 1. The lowest BCUT2D eigenvalue weighted by molar-refractivity contribution is 0.0780. The molecule has 19 heavy (non-hydrogen) atoms. The van der Waals surface area contributed by atoms with E-state index in [9.17, 15) is 4.79 Å². The molecule has 0 bridgehead atoms. The molecule has 98 valence electrons. The topological polar surface area (TPSA) is 33.2 Å². The molecule has 2 aromatic rings. The summed E-state index contributed by atoms with van der Waals surface area (Å²) in [6.07, 6.45) is 3.95. The molecule has 0 N–H and O–H groups in total. The second-order valence-electron chi connectivity index (χ2n) is 5.65. The zero-order valence-electron chi connectivity index (χ0n) is 10.7. The molecular formula is C15H16N2OS. The van der Waals surface area contributed by atoms with Crippen molar-refractivity contribution in [3.05, 3.63) is 29.3 Å². The van der Waals surface area contributed by atoms with Crippen LogP contribution in [-0.4, -0.2) is 28.9 Å². The number of fused-ring (bicyclic) bond motifs is 2. The molecule has 1 aliphatic heterocycles. The van der Waals surface area contributed by atoms with Crippen molar-refractivity contribution in [2.24, 2.45) is 11.8 Å². The number of nitrogens with zero attached hydrogens (tertiary/aromatic N) is 2. The number of hydrogen-bond donors (Lipinski definition) is 0. The summed E-state index contributed by atoms with van der Waals surface area (Å²) in [5.41, 5.74) is 0.940. The fraction of sp³-hybridized carbons (Fsp3) is 0.467. The first-order valence-electron chi connectivity index (χ1n) is 6.96. The van der Waals surface area contributed by atoms with Gasteiger partial charge >= 0.3 is 0 Å². The van der Waals surface area contributed by atoms with Crippen LogP contribution in [0, 0.1) is 11.8 Å². The first-order chi connectivity index (χ1) is 9.31. The standard InChI is InChI=1S/C15H16N2OS/c18-15(17-8-10-4-3-5-11(10)9-17)14-16-12-6-1-2-7-13(12)19-14/h1-2,6-7,10-11H,3-5,8-9H2. The maximum Gasteiger partial charge on any atom is 0.282 e. The number of rotatable bonds is 1. The van der Waals surface area contributed by atoms with Crippen LogP contribution in [0.2, 0.25) is 0 Å². The van der Waals surface area contributed by atoms with Crippen molar-refractivity contribution < 1.29 is 4.79 Å². The van der Waals surface area contributed by atoms with Gasteiger partial charge in [0.1, 0.15) is 0 Å². The molecule has 1 aromatic heterocycles. The van der Waals surface area contributed by atoms with Crippen molar-refractivity contribution in [1.29, 1.82) is 0 Å². The number of carbonyl (C=O) groups excluding carboxylic acids is 1. The molecule has 2 heterocycles. The lowest BCUT2D eigenvalue weighted by Crippen LogP contribution is -2.29. The Bertz CT molecular complexity index is 591. The first-order valence-corrected chi connectivity index (χ1v) is 7.78. The molecule has 1 saturated heterocycles. The van der Waals surface area contributed by atoms with Crippen LogP contribution < -0.4 is 0 Å². The van der Waals surface area contributed by atoms with Gasteiger partial charge in [-0.25, -0.2) is 4.98 Å². The minimum Gasteiger partial charge on any atom is -0.336 e. The molecule has 2 fully saturated rings. The van der Waals surface area contributed by atoms with Crippen LogP contribution in [0.3, 0.4) is 0 Å². The maximum absolute atomic E-state index is 12.5. The first kappa shape index (κ1) is 11.4. The molecule has 1 aromatic carbocycles. The molecule has 1 saturated carbocycles. The van der Waals surface area contributed by atoms with E-state index in [1.54, 1.807) is 0 Å². The average Bonchev–Trinajstić information content (AvgIpc) is 3.10. The van der Waals surface area contributed by atoms with Gasteiger partial charge in [-0.1, -0.05) is 18.6 Å². The van der Waals surface area contributed by atoms with Crippen molar-refractivity contribution in [2.75, 3.05) is 13.1 Å². The summed E-state index contributed by atoms with van der Waals surface area (Å²) >= 11 is 1.52. The van der Waals surface area contributed by atoms with E-state index in [1.165, 1.54) is 30.6 Å². The van der Waals surface area contributed by atoms with Gasteiger partial charge < -0.3 is 4.90 Å². The van der Waals surface area contributed by atoms with Gasteiger partial charge in [0.2, 0.25) is 0 Å². The van der Waals surface area contributed by atoms with Crippen molar-refractivity contribution >= 4 is 27.5 Å². The van der Waals surface area contributed by atoms with E-state index in [-0.39, 0.29) is 5.91 Å². The van der Waals surface area contributed by atoms with Gasteiger partial charge in [-0.15, -0.1) is 11.3 Å². The zero-order chi connectivity index (χ0) is 12.8. The number of hydrogen-bond acceptors (Lipinski definition) is 3. The summed E-state index contributed by atoms with van der Waals surface area (Å²) in [6, 6.07) is 7.97. The second-order valence-corrected chi connectivity index (χ2v) is 6.68. The number of benzene rings is 1. The number of thiazole rings is 1. The van der Waals surface area contributed by atoms with Crippen molar-refractivity contribution in [3.8, 4) is 0 Å². The highest BCUT2D eigenvalue weighted by molar-refractivity contribution is 7.20. The third-order valence-corrected chi connectivity index (χ3v) is 5.51. The normalized spacial score (nSPS) is 26.0. The molecule has 4 rings (SSSR count). The summed E-state index contributed by atoms with van der Waals surface area (Å²) in [7, 11) is 0. The molecule has 1 amide bonds. The predicted octanol–water partition coefficient (Wildman–Crippen LogP) is 3.17. The average molecular weight is 272 g/mol. The zero-order valence-corrected chi connectivity index (χ0v) is 11.5. The summed E-state index contributed by atoms with van der Waals surface area (Å²) in [5, 5.41) is 0.654. The fourth-order valence-electron chi connectivity index (χ4n) is 3.50. The SMILES string of the molecule is O=C(c1nc2ccccc2s1)N1CC2CCCC2C1. The van der Waals surface area contributed by atoms with Crippen LogP contribution in [0.1, 0.15) is 29.1 Å². The van der Waals surface area contributed by atoms with Crippen LogP contribution in [0.15, 0.2) is 24.3 Å². The van der Waals surface area contributed by atoms with Crippen molar-refractivity contribution in [2.45, 2.75) is 19.3 Å². The van der Waals surface area contributed by atoms with E-state index in [4.69, 9.17) is 0 Å². The van der Waals surface area contributed by atoms with Gasteiger partial charge in [0.15, 0.2) is 5.01 Å². The van der Waals surface area contributed by atoms with Gasteiger partial charge in [0.05, 0.1) is 10.2 Å². The highest BCUT2D eigenvalue weighted by Crippen LogP contribution is 2.38. The smallest absolute Gasteiger partial charge is 0.282 e. The molecular weight excluding hydrogens is 256 g/mol. The van der Waals surface area contributed by atoms with Gasteiger partial charge in [-0.3, -0.25) is 4.79 Å². The Morgan fingerprint density at radius 3 is 2.68 bits per heavy atom. The predicted molar refractivity (Wildman–Crippen MR) is 76.4 cm³/mol. The molecule has 2 unspecified atom stereocenters. The Hall–Kier alpha value is -1.42. The molecule has 2 aliphatic rings. The quantitative estimate of drug-likeness (QED) is 0.799. The van der Waals surface area contributed by atoms with Gasteiger partial charge in [0, 0.05) is 13.1 Å². The lowest BCUT2D eigenvalue weighted by atomic mass is 10.0. The summed E-state index contributed by atoms with van der Waals surface area (Å²) in [6.45, 7) is 1.89. The maximum atomic E-state index is 12.5. The van der Waals surface area contributed by atoms with Crippen molar-refractivity contribution in [3.63, 3.8) is 0 Å². The van der Waals surface area contributed by atoms with E-state index in [1.807, 2.05) is 29.2 Å². The molecule has 4 heteroatoms. The number of likely N-dealkylation sites (tertiary alicyclic amines) is 1. The highest BCUT2D eigenvalue weighted by atomic mass is 32.1. The van der Waals surface area contributed by atoms with Crippen LogP contribution in [0.4, 0.5) is 0 Å². The highest BCUT2D eigenvalue weighted by Gasteiger charge is 2.38. The summed E-state index contributed by atoms with van der Waals surface area (Å²) in [4.78, 5) is 19.0. The van der Waals surface area contributed by atoms with Gasteiger partial charge in [-0.2, -0.15) is 0 Å². The number of para-hydroxylation sites is 1. The van der Waals surface area contributed by atoms with Crippen LogP contribution in [-0.2, 0) is 0 Å². The Morgan fingerprint density at radius 1 is 1.21 bits per heavy atom. The molecule has 3 nitrogen and oxygen atoms in total. The number of aromatic nitrogens is 1. The second kappa shape index (κ2) is 4.30. The van der Waals surface area contributed by atoms with Crippen LogP contribution in [0.25, 0.3) is 10.2 Å². The van der Waals surface area contributed by atoms with Crippen molar-refractivity contribution in [1.82, 2.24) is 9.88 Å². The summed E-state index contributed by atoms with van der Waals surface area (Å²) in [5.74, 6) is 1.63. The molecule has 0 radical (unpaired) electrons. The Labute approximate surface area is 116 Å². The third kappa shape index (κ3) is 1.86. The Balaban J connectivity index is 1.60.